The summed E-state index contributed by atoms with van der Waals surface area (Å²) in [4.78, 5) is 2.58. The Morgan fingerprint density at radius 1 is 1.30 bits per heavy atom. The monoisotopic (exact) mass is 271 g/mol. The van der Waals surface area contributed by atoms with E-state index in [1.807, 2.05) is 6.07 Å². The average Bonchev–Trinajstić information content (AvgIpc) is 2.42. The maximum Gasteiger partial charge on any atom is 0.104 e. The van der Waals surface area contributed by atoms with E-state index in [4.69, 9.17) is 5.11 Å². The fraction of sp³-hybridized carbons (Fsp3) is 0.556. The second kappa shape index (κ2) is 6.92. The Labute approximate surface area is 122 Å². The summed E-state index contributed by atoms with van der Waals surface area (Å²) >= 11 is 0. The Balaban J connectivity index is 2.09. The molecule has 1 aliphatic rings. The van der Waals surface area contributed by atoms with Crippen molar-refractivity contribution in [2.24, 2.45) is 11.8 Å². The number of aliphatic hydroxyl groups is 1. The van der Waals surface area contributed by atoms with Gasteiger partial charge in [0.05, 0.1) is 0 Å². The molecule has 3 unspecified atom stereocenters. The van der Waals surface area contributed by atoms with E-state index in [9.17, 15) is 0 Å². The van der Waals surface area contributed by atoms with E-state index in [0.717, 1.165) is 23.9 Å². The minimum absolute atomic E-state index is 0.0809. The van der Waals surface area contributed by atoms with E-state index in [1.54, 1.807) is 0 Å². The zero-order valence-corrected chi connectivity index (χ0v) is 12.8. The van der Waals surface area contributed by atoms with Crippen molar-refractivity contribution in [1.29, 1.82) is 0 Å². The van der Waals surface area contributed by atoms with Gasteiger partial charge in [0, 0.05) is 24.7 Å². The molecule has 1 aromatic carbocycles. The highest BCUT2D eigenvalue weighted by molar-refractivity contribution is 5.37. The maximum absolute atomic E-state index is 8.77. The molecule has 1 fully saturated rings. The minimum Gasteiger partial charge on any atom is -0.384 e. The van der Waals surface area contributed by atoms with E-state index in [1.165, 1.54) is 18.5 Å². The highest BCUT2D eigenvalue weighted by Crippen LogP contribution is 2.28. The molecule has 1 saturated heterocycles. The molecule has 0 radical (unpaired) electrons. The molecule has 2 rings (SSSR count). The van der Waals surface area contributed by atoms with Crippen molar-refractivity contribution in [3.8, 4) is 11.8 Å². The molecule has 2 nitrogen and oxygen atoms in total. The summed E-state index contributed by atoms with van der Waals surface area (Å²) in [6.07, 6.45) is 1.33. The first-order chi connectivity index (χ1) is 9.60. The molecule has 0 spiro atoms. The lowest BCUT2D eigenvalue weighted by atomic mass is 9.86. The van der Waals surface area contributed by atoms with Gasteiger partial charge < -0.3 is 5.11 Å². The number of aliphatic hydroxyl groups excluding tert-OH is 1. The van der Waals surface area contributed by atoms with Gasteiger partial charge in [-0.05, 0) is 42.9 Å². The number of piperidine rings is 1. The van der Waals surface area contributed by atoms with E-state index < -0.39 is 0 Å². The van der Waals surface area contributed by atoms with Gasteiger partial charge in [0.1, 0.15) is 6.61 Å². The third-order valence-corrected chi connectivity index (χ3v) is 4.34. The number of benzene rings is 1. The number of rotatable bonds is 2. The SMILES string of the molecule is CC1CC(C)C(C)N(Cc2cccc(C#CCO)c2)C1. The lowest BCUT2D eigenvalue weighted by Crippen LogP contribution is -2.45. The van der Waals surface area contributed by atoms with Crippen LogP contribution in [-0.2, 0) is 6.54 Å². The highest BCUT2D eigenvalue weighted by atomic mass is 16.2. The molecule has 1 heterocycles. The zero-order chi connectivity index (χ0) is 14.5. The van der Waals surface area contributed by atoms with Crippen LogP contribution in [-0.4, -0.2) is 29.2 Å². The largest absolute Gasteiger partial charge is 0.384 e. The Kier molecular flexibility index (Phi) is 5.23. The molecule has 3 atom stereocenters. The Bertz CT molecular complexity index is 500. The number of hydrogen-bond acceptors (Lipinski definition) is 2. The van der Waals surface area contributed by atoms with Gasteiger partial charge in [0.15, 0.2) is 0 Å². The van der Waals surface area contributed by atoms with Crippen molar-refractivity contribution in [3.63, 3.8) is 0 Å². The van der Waals surface area contributed by atoms with Crippen LogP contribution < -0.4 is 0 Å². The number of likely N-dealkylation sites (tertiary alicyclic amines) is 1. The Morgan fingerprint density at radius 3 is 2.85 bits per heavy atom. The van der Waals surface area contributed by atoms with Gasteiger partial charge in [-0.2, -0.15) is 0 Å². The minimum atomic E-state index is -0.0809. The van der Waals surface area contributed by atoms with E-state index in [0.29, 0.717) is 6.04 Å². The second-order valence-electron chi connectivity index (χ2n) is 6.15. The van der Waals surface area contributed by atoms with Crippen molar-refractivity contribution in [2.75, 3.05) is 13.2 Å². The van der Waals surface area contributed by atoms with Crippen LogP contribution in [0.1, 0.15) is 38.3 Å². The summed E-state index contributed by atoms with van der Waals surface area (Å²) in [5.41, 5.74) is 2.30. The standard InChI is InChI=1S/C18H25NO/c1-14-10-15(2)16(3)19(12-14)13-18-7-4-6-17(11-18)8-5-9-20/h4,6-7,11,14-16,20H,9-10,12-13H2,1-3H3. The van der Waals surface area contributed by atoms with Crippen LogP contribution in [0.15, 0.2) is 24.3 Å². The molecule has 2 heteroatoms. The third kappa shape index (κ3) is 3.85. The van der Waals surface area contributed by atoms with E-state index in [-0.39, 0.29) is 6.61 Å². The lowest BCUT2D eigenvalue weighted by molar-refractivity contribution is 0.0729. The van der Waals surface area contributed by atoms with Gasteiger partial charge in [0.25, 0.3) is 0 Å². The Morgan fingerprint density at radius 2 is 2.10 bits per heavy atom. The highest BCUT2D eigenvalue weighted by Gasteiger charge is 2.28. The van der Waals surface area contributed by atoms with Crippen LogP contribution in [0.25, 0.3) is 0 Å². The summed E-state index contributed by atoms with van der Waals surface area (Å²) < 4.78 is 0. The predicted molar refractivity (Wildman–Crippen MR) is 83.2 cm³/mol. The first-order valence-electron chi connectivity index (χ1n) is 7.53. The summed E-state index contributed by atoms with van der Waals surface area (Å²) in [7, 11) is 0. The van der Waals surface area contributed by atoms with E-state index in [2.05, 4.69) is 55.7 Å². The first kappa shape index (κ1) is 15.1. The smallest absolute Gasteiger partial charge is 0.104 e. The van der Waals surface area contributed by atoms with Crippen molar-refractivity contribution in [2.45, 2.75) is 39.8 Å². The summed E-state index contributed by atoms with van der Waals surface area (Å²) in [5.74, 6) is 7.23. The molecule has 0 aromatic heterocycles. The van der Waals surface area contributed by atoms with Gasteiger partial charge in [-0.1, -0.05) is 37.8 Å². The van der Waals surface area contributed by atoms with Gasteiger partial charge in [-0.25, -0.2) is 0 Å². The fourth-order valence-corrected chi connectivity index (χ4v) is 3.16. The number of hydrogen-bond donors (Lipinski definition) is 1. The molecule has 0 bridgehead atoms. The predicted octanol–water partition coefficient (Wildman–Crippen LogP) is 2.90. The van der Waals surface area contributed by atoms with Crippen molar-refractivity contribution < 1.29 is 5.11 Å². The van der Waals surface area contributed by atoms with Gasteiger partial charge >= 0.3 is 0 Å². The van der Waals surface area contributed by atoms with Crippen molar-refractivity contribution in [1.82, 2.24) is 4.90 Å². The summed E-state index contributed by atoms with van der Waals surface area (Å²) in [6, 6.07) is 8.99. The van der Waals surface area contributed by atoms with Gasteiger partial charge in [-0.15, -0.1) is 0 Å². The molecule has 20 heavy (non-hydrogen) atoms. The summed E-state index contributed by atoms with van der Waals surface area (Å²) in [6.45, 7) is 9.13. The first-order valence-corrected chi connectivity index (χ1v) is 7.53. The molecule has 0 aliphatic carbocycles. The zero-order valence-electron chi connectivity index (χ0n) is 12.8. The molecule has 1 aliphatic heterocycles. The lowest BCUT2D eigenvalue weighted by Gasteiger charge is -2.41. The topological polar surface area (TPSA) is 23.5 Å². The molecular formula is C18H25NO. The van der Waals surface area contributed by atoms with Gasteiger partial charge in [0.2, 0.25) is 0 Å². The van der Waals surface area contributed by atoms with Crippen LogP contribution in [0.4, 0.5) is 0 Å². The summed E-state index contributed by atoms with van der Waals surface area (Å²) in [5, 5.41) is 8.77. The molecule has 0 amide bonds. The second-order valence-corrected chi connectivity index (χ2v) is 6.15. The van der Waals surface area contributed by atoms with Crippen LogP contribution in [0, 0.1) is 23.7 Å². The van der Waals surface area contributed by atoms with Gasteiger partial charge in [-0.3, -0.25) is 4.90 Å². The van der Waals surface area contributed by atoms with Crippen LogP contribution >= 0.6 is 0 Å². The van der Waals surface area contributed by atoms with Crippen LogP contribution in [0.2, 0.25) is 0 Å². The molecule has 1 aromatic rings. The Hall–Kier alpha value is -1.30. The van der Waals surface area contributed by atoms with Crippen LogP contribution in [0.3, 0.4) is 0 Å². The average molecular weight is 271 g/mol. The van der Waals surface area contributed by atoms with Crippen molar-refractivity contribution in [3.05, 3.63) is 35.4 Å². The van der Waals surface area contributed by atoms with E-state index >= 15 is 0 Å². The normalized spacial score (nSPS) is 26.9. The maximum atomic E-state index is 8.77. The molecule has 108 valence electrons. The van der Waals surface area contributed by atoms with Crippen molar-refractivity contribution >= 4 is 0 Å². The number of nitrogens with zero attached hydrogens (tertiary/aromatic N) is 1. The molecule has 0 saturated carbocycles. The van der Waals surface area contributed by atoms with Crippen LogP contribution in [0.5, 0.6) is 0 Å². The quantitative estimate of drug-likeness (QED) is 0.836. The third-order valence-electron chi connectivity index (χ3n) is 4.34. The molecule has 1 N–H and O–H groups in total. The fourth-order valence-electron chi connectivity index (χ4n) is 3.16. The molecular weight excluding hydrogens is 246 g/mol.